The Morgan fingerprint density at radius 2 is 1.56 bits per heavy atom. The zero-order chi connectivity index (χ0) is 25.9. The van der Waals surface area contributed by atoms with Crippen LogP contribution in [0, 0.1) is 12.8 Å². The van der Waals surface area contributed by atoms with Gasteiger partial charge in [0.1, 0.15) is 5.84 Å². The van der Waals surface area contributed by atoms with Crippen molar-refractivity contribution in [2.75, 3.05) is 45.9 Å². The van der Waals surface area contributed by atoms with E-state index < -0.39 is 26.2 Å². The Morgan fingerprint density at radius 3 is 2.17 bits per heavy atom. The molecular formula is C25H34N4O5S2. The molecule has 11 heteroatoms. The van der Waals surface area contributed by atoms with E-state index in [9.17, 15) is 16.8 Å². The van der Waals surface area contributed by atoms with Gasteiger partial charge in [0.15, 0.2) is 0 Å². The summed E-state index contributed by atoms with van der Waals surface area (Å²) < 4.78 is 65.0. The van der Waals surface area contributed by atoms with Crippen LogP contribution in [0.2, 0.25) is 0 Å². The Morgan fingerprint density at radius 1 is 0.917 bits per heavy atom. The maximum absolute atomic E-state index is 13.6. The van der Waals surface area contributed by atoms with Crippen LogP contribution < -0.4 is 0 Å². The van der Waals surface area contributed by atoms with Gasteiger partial charge < -0.3 is 9.64 Å². The van der Waals surface area contributed by atoms with Crippen molar-refractivity contribution >= 4 is 25.9 Å². The number of nitrogens with zero attached hydrogens (tertiary/aromatic N) is 4. The highest BCUT2D eigenvalue weighted by Gasteiger charge is 2.43. The third-order valence-electron chi connectivity index (χ3n) is 6.47. The van der Waals surface area contributed by atoms with E-state index in [0.717, 1.165) is 5.56 Å². The van der Waals surface area contributed by atoms with Crippen LogP contribution in [0.1, 0.15) is 19.4 Å². The first-order valence-electron chi connectivity index (χ1n) is 12.1. The van der Waals surface area contributed by atoms with E-state index in [4.69, 9.17) is 4.74 Å². The second-order valence-electron chi connectivity index (χ2n) is 9.46. The molecule has 2 aliphatic rings. The average Bonchev–Trinajstić information content (AvgIpc) is 3.32. The lowest BCUT2D eigenvalue weighted by atomic mass is 10.1. The fourth-order valence-corrected chi connectivity index (χ4v) is 7.38. The highest BCUT2D eigenvalue weighted by atomic mass is 32.2. The second kappa shape index (κ2) is 11.0. The van der Waals surface area contributed by atoms with Crippen LogP contribution in [0.15, 0.2) is 68.8 Å². The zero-order valence-electron chi connectivity index (χ0n) is 20.9. The smallest absolute Gasteiger partial charge is 0.283 e. The van der Waals surface area contributed by atoms with E-state index >= 15 is 0 Å². The van der Waals surface area contributed by atoms with Gasteiger partial charge in [-0.15, -0.1) is 4.40 Å². The molecule has 0 N–H and O–H groups in total. The maximum atomic E-state index is 13.6. The molecule has 2 aromatic carbocycles. The highest BCUT2D eigenvalue weighted by Crippen LogP contribution is 2.30. The molecule has 2 heterocycles. The summed E-state index contributed by atoms with van der Waals surface area (Å²) in [5, 5.41) is 0. The standard InChI is InChI=1S/C25H34N4O5S2/c1-20(2)25-28(13-14-29(25)36(32,33)23-7-5-4-6-8-23)24(19-27-15-17-34-18-16-27)26-35(30,31)22-11-9-21(3)10-12-22/h4-12,20,25H,13-19H2,1-3H3/b26-24-. The van der Waals surface area contributed by atoms with E-state index in [1.54, 1.807) is 54.6 Å². The summed E-state index contributed by atoms with van der Waals surface area (Å²) in [7, 11) is -7.78. The van der Waals surface area contributed by atoms with Gasteiger partial charge in [-0.1, -0.05) is 49.7 Å². The Hall–Kier alpha value is -2.31. The van der Waals surface area contributed by atoms with Crippen molar-refractivity contribution < 1.29 is 21.6 Å². The fraction of sp³-hybridized carbons (Fsp3) is 0.480. The number of hydrogen-bond donors (Lipinski definition) is 0. The van der Waals surface area contributed by atoms with Gasteiger partial charge in [-0.25, -0.2) is 8.42 Å². The van der Waals surface area contributed by atoms with Crippen LogP contribution in [-0.2, 0) is 24.8 Å². The van der Waals surface area contributed by atoms with Crippen LogP contribution in [0.4, 0.5) is 0 Å². The van der Waals surface area contributed by atoms with Crippen molar-refractivity contribution in [3.63, 3.8) is 0 Å². The van der Waals surface area contributed by atoms with Gasteiger partial charge in [-0.3, -0.25) is 4.90 Å². The second-order valence-corrected chi connectivity index (χ2v) is 13.0. The molecule has 2 fully saturated rings. The highest BCUT2D eigenvalue weighted by molar-refractivity contribution is 7.90. The molecule has 36 heavy (non-hydrogen) atoms. The Kier molecular flexibility index (Phi) is 8.15. The van der Waals surface area contributed by atoms with Crippen LogP contribution >= 0.6 is 0 Å². The molecular weight excluding hydrogens is 500 g/mol. The van der Waals surface area contributed by atoms with Crippen LogP contribution in [0.25, 0.3) is 0 Å². The van der Waals surface area contributed by atoms with Gasteiger partial charge in [0.05, 0.1) is 35.7 Å². The van der Waals surface area contributed by atoms with E-state index in [-0.39, 0.29) is 28.8 Å². The van der Waals surface area contributed by atoms with Crippen LogP contribution in [0.3, 0.4) is 0 Å². The number of aryl methyl sites for hydroxylation is 1. The number of ether oxygens (including phenoxy) is 1. The van der Waals surface area contributed by atoms with Gasteiger partial charge in [-0.2, -0.15) is 12.7 Å². The fourth-order valence-electron chi connectivity index (χ4n) is 4.62. The predicted molar refractivity (Wildman–Crippen MR) is 139 cm³/mol. The monoisotopic (exact) mass is 534 g/mol. The van der Waals surface area contributed by atoms with Gasteiger partial charge in [0.2, 0.25) is 10.0 Å². The molecule has 1 unspecified atom stereocenters. The number of sulfonamides is 2. The summed E-state index contributed by atoms with van der Waals surface area (Å²) >= 11 is 0. The third kappa shape index (κ3) is 5.81. The SMILES string of the molecule is Cc1ccc(S(=O)(=O)/N=C(/CN2CCOCC2)N2CCN(S(=O)(=O)c3ccccc3)C2C(C)C)cc1. The molecule has 2 aromatic rings. The Labute approximate surface area is 214 Å². The molecule has 0 bridgehead atoms. The zero-order valence-corrected chi connectivity index (χ0v) is 22.6. The molecule has 0 radical (unpaired) electrons. The lowest BCUT2D eigenvalue weighted by molar-refractivity contribution is 0.0436. The van der Waals surface area contributed by atoms with E-state index in [1.165, 1.54) is 4.31 Å². The summed E-state index contributed by atoms with van der Waals surface area (Å²) in [6.45, 7) is 9.06. The van der Waals surface area contributed by atoms with Gasteiger partial charge in [-0.05, 0) is 37.1 Å². The van der Waals surface area contributed by atoms with Crippen molar-refractivity contribution in [2.24, 2.45) is 10.3 Å². The van der Waals surface area contributed by atoms with Crippen molar-refractivity contribution in [1.82, 2.24) is 14.1 Å². The van der Waals surface area contributed by atoms with Crippen molar-refractivity contribution in [2.45, 2.75) is 36.7 Å². The number of hydrogen-bond acceptors (Lipinski definition) is 6. The molecule has 0 aromatic heterocycles. The van der Waals surface area contributed by atoms with Crippen LogP contribution in [-0.4, -0.2) is 88.9 Å². The molecule has 2 aliphatic heterocycles. The first-order chi connectivity index (χ1) is 17.1. The van der Waals surface area contributed by atoms with E-state index in [0.29, 0.717) is 38.7 Å². The van der Waals surface area contributed by atoms with Crippen LogP contribution in [0.5, 0.6) is 0 Å². The van der Waals surface area contributed by atoms with E-state index in [1.807, 2.05) is 25.7 Å². The molecule has 0 aliphatic carbocycles. The normalized spacial score (nSPS) is 20.8. The Balaban J connectivity index is 1.73. The third-order valence-corrected chi connectivity index (χ3v) is 9.67. The minimum absolute atomic E-state index is 0.108. The van der Waals surface area contributed by atoms with Gasteiger partial charge in [0, 0.05) is 26.2 Å². The largest absolute Gasteiger partial charge is 0.379 e. The van der Waals surface area contributed by atoms with Gasteiger partial charge >= 0.3 is 0 Å². The summed E-state index contributed by atoms with van der Waals surface area (Å²) in [5.74, 6) is 0.241. The molecule has 9 nitrogen and oxygen atoms in total. The maximum Gasteiger partial charge on any atom is 0.283 e. The first kappa shape index (κ1) is 26.7. The predicted octanol–water partition coefficient (Wildman–Crippen LogP) is 2.40. The molecule has 2 saturated heterocycles. The van der Waals surface area contributed by atoms with Crippen molar-refractivity contribution in [3.05, 3.63) is 60.2 Å². The van der Waals surface area contributed by atoms with Crippen molar-refractivity contribution in [3.8, 4) is 0 Å². The molecule has 196 valence electrons. The molecule has 0 amide bonds. The molecule has 0 saturated carbocycles. The number of benzene rings is 2. The minimum Gasteiger partial charge on any atom is -0.379 e. The molecule has 1 atom stereocenters. The van der Waals surface area contributed by atoms with E-state index in [2.05, 4.69) is 9.30 Å². The summed E-state index contributed by atoms with van der Waals surface area (Å²) in [6, 6.07) is 14.9. The number of morpholine rings is 1. The summed E-state index contributed by atoms with van der Waals surface area (Å²) in [5.41, 5.74) is 0.952. The molecule has 0 spiro atoms. The first-order valence-corrected chi connectivity index (χ1v) is 15.0. The average molecular weight is 535 g/mol. The summed E-state index contributed by atoms with van der Waals surface area (Å²) in [4.78, 5) is 4.28. The van der Waals surface area contributed by atoms with Crippen molar-refractivity contribution in [1.29, 1.82) is 0 Å². The quantitative estimate of drug-likeness (QED) is 0.397. The van der Waals surface area contributed by atoms with Gasteiger partial charge in [0.25, 0.3) is 10.0 Å². The lowest BCUT2D eigenvalue weighted by Gasteiger charge is -2.36. The molecule has 4 rings (SSSR count). The minimum atomic E-state index is -4.00. The Bertz CT molecular complexity index is 1270. The number of rotatable bonds is 7. The number of amidine groups is 1. The lowest BCUT2D eigenvalue weighted by Crippen LogP contribution is -2.51. The summed E-state index contributed by atoms with van der Waals surface area (Å²) in [6.07, 6.45) is -0.566. The topological polar surface area (TPSA) is 99.6 Å².